The second-order valence-electron chi connectivity index (χ2n) is 5.49. The van der Waals surface area contributed by atoms with Crippen molar-refractivity contribution < 1.29 is 19.2 Å². The van der Waals surface area contributed by atoms with E-state index in [0.717, 1.165) is 18.9 Å². The van der Waals surface area contributed by atoms with Crippen LogP contribution in [0.5, 0.6) is 0 Å². The van der Waals surface area contributed by atoms with Gasteiger partial charge in [0.05, 0.1) is 18.2 Å². The lowest BCUT2D eigenvalue weighted by atomic mass is 9.77. The minimum absolute atomic E-state index is 0.109. The zero-order valence-electron chi connectivity index (χ0n) is 11.3. The molecule has 2 unspecified atom stereocenters. The number of hydrogen-bond acceptors (Lipinski definition) is 5. The van der Waals surface area contributed by atoms with E-state index in [1.54, 1.807) is 0 Å². The van der Waals surface area contributed by atoms with Crippen LogP contribution in [0, 0.1) is 16.0 Å². The van der Waals surface area contributed by atoms with Crippen molar-refractivity contribution in [3.05, 3.63) is 28.0 Å². The van der Waals surface area contributed by atoms with Crippen LogP contribution in [0.15, 0.2) is 16.5 Å². The number of amides is 1. The molecule has 2 rings (SSSR count). The van der Waals surface area contributed by atoms with Crippen LogP contribution in [0.2, 0.25) is 0 Å². The molecule has 0 saturated heterocycles. The van der Waals surface area contributed by atoms with E-state index in [9.17, 15) is 20.0 Å². The van der Waals surface area contributed by atoms with Crippen molar-refractivity contribution in [2.75, 3.05) is 6.61 Å². The van der Waals surface area contributed by atoms with E-state index in [2.05, 4.69) is 12.2 Å². The fourth-order valence-electron chi connectivity index (χ4n) is 2.81. The maximum atomic E-state index is 12.1. The van der Waals surface area contributed by atoms with Crippen molar-refractivity contribution in [3.8, 4) is 0 Å². The lowest BCUT2D eigenvalue weighted by Crippen LogP contribution is -2.53. The molecule has 0 spiro atoms. The minimum Gasteiger partial charge on any atom is -0.395 e. The largest absolute Gasteiger partial charge is 0.433 e. The fraction of sp³-hybridized carbons (Fsp3) is 0.615. The van der Waals surface area contributed by atoms with Gasteiger partial charge in [0.15, 0.2) is 5.76 Å². The molecule has 0 radical (unpaired) electrons. The lowest BCUT2D eigenvalue weighted by Gasteiger charge is -2.39. The molecule has 1 saturated carbocycles. The summed E-state index contributed by atoms with van der Waals surface area (Å²) >= 11 is 0. The number of rotatable bonds is 4. The third-order valence-corrected chi connectivity index (χ3v) is 3.77. The van der Waals surface area contributed by atoms with Gasteiger partial charge in [0.25, 0.3) is 5.91 Å². The molecule has 1 aromatic heterocycles. The molecule has 0 bridgehead atoms. The van der Waals surface area contributed by atoms with Gasteiger partial charge in [0.2, 0.25) is 0 Å². The highest BCUT2D eigenvalue weighted by atomic mass is 16.6. The number of aliphatic hydroxyl groups is 1. The number of nitro groups is 1. The molecule has 0 aliphatic heterocycles. The number of nitrogens with one attached hydrogen (secondary N) is 1. The molecule has 1 aromatic rings. The number of carbonyl (C=O) groups excluding carboxylic acids is 1. The molecule has 20 heavy (non-hydrogen) atoms. The molecule has 1 fully saturated rings. The first kappa shape index (κ1) is 14.5. The highest BCUT2D eigenvalue weighted by molar-refractivity contribution is 5.92. The molecule has 110 valence electrons. The van der Waals surface area contributed by atoms with Gasteiger partial charge in [-0.3, -0.25) is 14.9 Å². The molecule has 1 aliphatic rings. The Morgan fingerprint density at radius 3 is 2.95 bits per heavy atom. The predicted molar refractivity (Wildman–Crippen MR) is 70.3 cm³/mol. The Balaban J connectivity index is 2.10. The van der Waals surface area contributed by atoms with Crippen molar-refractivity contribution >= 4 is 11.8 Å². The summed E-state index contributed by atoms with van der Waals surface area (Å²) in [5.74, 6) is -0.684. The van der Waals surface area contributed by atoms with Crippen LogP contribution >= 0.6 is 0 Å². The van der Waals surface area contributed by atoms with E-state index in [4.69, 9.17) is 4.42 Å². The number of carbonyl (C=O) groups is 1. The zero-order valence-corrected chi connectivity index (χ0v) is 11.3. The van der Waals surface area contributed by atoms with Crippen LogP contribution in [-0.2, 0) is 0 Å². The Morgan fingerprint density at radius 2 is 2.40 bits per heavy atom. The number of hydrogen-bond donors (Lipinski definition) is 2. The molecule has 1 heterocycles. The maximum absolute atomic E-state index is 12.1. The standard InChI is InChI=1S/C13H18N2O5/c1-9-3-2-6-13(7-9,8-16)14-12(17)10-4-5-11(20-10)15(18)19/h4-5,9,16H,2-3,6-8H2,1H3,(H,14,17). The van der Waals surface area contributed by atoms with E-state index in [1.807, 2.05) is 0 Å². The van der Waals surface area contributed by atoms with Crippen LogP contribution in [0.3, 0.4) is 0 Å². The van der Waals surface area contributed by atoms with Gasteiger partial charge in [-0.2, -0.15) is 0 Å². The Bertz CT molecular complexity index is 513. The molecule has 1 aliphatic carbocycles. The van der Waals surface area contributed by atoms with Crippen molar-refractivity contribution in [3.63, 3.8) is 0 Å². The topological polar surface area (TPSA) is 106 Å². The van der Waals surface area contributed by atoms with E-state index in [0.29, 0.717) is 18.8 Å². The molecule has 0 aromatic carbocycles. The minimum atomic E-state index is -0.693. The third-order valence-electron chi connectivity index (χ3n) is 3.77. The summed E-state index contributed by atoms with van der Waals surface area (Å²) in [6, 6.07) is 2.41. The van der Waals surface area contributed by atoms with Gasteiger partial charge in [-0.15, -0.1) is 0 Å². The molecule has 7 heteroatoms. The van der Waals surface area contributed by atoms with Gasteiger partial charge in [-0.05, 0) is 24.8 Å². The molecule has 1 amide bonds. The van der Waals surface area contributed by atoms with Gasteiger partial charge < -0.3 is 14.8 Å². The van der Waals surface area contributed by atoms with Crippen LogP contribution in [-0.4, -0.2) is 28.1 Å². The van der Waals surface area contributed by atoms with Gasteiger partial charge in [0, 0.05) is 0 Å². The monoisotopic (exact) mass is 282 g/mol. The van der Waals surface area contributed by atoms with Crippen molar-refractivity contribution in [1.29, 1.82) is 0 Å². The van der Waals surface area contributed by atoms with E-state index < -0.39 is 22.3 Å². The van der Waals surface area contributed by atoms with Crippen LogP contribution in [0.1, 0.15) is 43.2 Å². The average molecular weight is 282 g/mol. The molecule has 2 atom stereocenters. The Labute approximate surface area is 116 Å². The first-order valence-corrected chi connectivity index (χ1v) is 6.63. The second-order valence-corrected chi connectivity index (χ2v) is 5.49. The molecule has 7 nitrogen and oxygen atoms in total. The highest BCUT2D eigenvalue weighted by Crippen LogP contribution is 2.32. The normalized spacial score (nSPS) is 26.2. The van der Waals surface area contributed by atoms with E-state index >= 15 is 0 Å². The lowest BCUT2D eigenvalue weighted by molar-refractivity contribution is -0.402. The maximum Gasteiger partial charge on any atom is 0.433 e. The zero-order chi connectivity index (χ0) is 14.8. The molecule has 2 N–H and O–H groups in total. The summed E-state index contributed by atoms with van der Waals surface area (Å²) in [5.41, 5.74) is -0.656. The third kappa shape index (κ3) is 2.98. The number of nitrogens with zero attached hydrogens (tertiary/aromatic N) is 1. The molecular formula is C13H18N2O5. The summed E-state index contributed by atoms with van der Waals surface area (Å²) in [4.78, 5) is 21.9. The first-order valence-electron chi connectivity index (χ1n) is 6.63. The van der Waals surface area contributed by atoms with Crippen LogP contribution in [0.4, 0.5) is 5.88 Å². The SMILES string of the molecule is CC1CCCC(CO)(NC(=O)c2ccc([N+](=O)[O-])o2)C1. The van der Waals surface area contributed by atoms with Crippen molar-refractivity contribution in [1.82, 2.24) is 5.32 Å². The van der Waals surface area contributed by atoms with Crippen molar-refractivity contribution in [2.45, 2.75) is 38.1 Å². The first-order chi connectivity index (χ1) is 9.46. The summed E-state index contributed by atoms with van der Waals surface area (Å²) in [5, 5.41) is 22.9. The van der Waals surface area contributed by atoms with E-state index in [-0.39, 0.29) is 12.4 Å². The smallest absolute Gasteiger partial charge is 0.395 e. The summed E-state index contributed by atoms with van der Waals surface area (Å²) in [6.45, 7) is 1.93. The fourth-order valence-corrected chi connectivity index (χ4v) is 2.81. The summed E-state index contributed by atoms with van der Waals surface area (Å²) in [7, 11) is 0. The van der Waals surface area contributed by atoms with Crippen molar-refractivity contribution in [2.24, 2.45) is 5.92 Å². The van der Waals surface area contributed by atoms with Gasteiger partial charge in [0.1, 0.15) is 4.92 Å². The Hall–Kier alpha value is -1.89. The van der Waals surface area contributed by atoms with E-state index in [1.165, 1.54) is 6.07 Å². The van der Waals surface area contributed by atoms with Gasteiger partial charge >= 0.3 is 5.88 Å². The highest BCUT2D eigenvalue weighted by Gasteiger charge is 2.36. The van der Waals surface area contributed by atoms with Gasteiger partial charge in [-0.25, -0.2) is 0 Å². The second kappa shape index (κ2) is 5.62. The quantitative estimate of drug-likeness (QED) is 0.647. The van der Waals surface area contributed by atoms with Crippen LogP contribution < -0.4 is 5.32 Å². The van der Waals surface area contributed by atoms with Gasteiger partial charge in [-0.1, -0.05) is 19.8 Å². The average Bonchev–Trinajstić information content (AvgIpc) is 2.88. The Kier molecular flexibility index (Phi) is 4.08. The number of aliphatic hydroxyl groups excluding tert-OH is 1. The summed E-state index contributed by atoms with van der Waals surface area (Å²) < 4.78 is 4.87. The summed E-state index contributed by atoms with van der Waals surface area (Å²) in [6.07, 6.45) is 3.39. The van der Waals surface area contributed by atoms with Crippen LogP contribution in [0.25, 0.3) is 0 Å². The molecular weight excluding hydrogens is 264 g/mol. The number of furan rings is 1. The predicted octanol–water partition coefficient (Wildman–Crippen LogP) is 1.86. The Morgan fingerprint density at radius 1 is 1.65 bits per heavy atom.